The van der Waals surface area contributed by atoms with E-state index in [2.05, 4.69) is 21.2 Å². The quantitative estimate of drug-likeness (QED) is 0.545. The molecule has 0 spiro atoms. The summed E-state index contributed by atoms with van der Waals surface area (Å²) in [5.74, 6) is -0.495. The van der Waals surface area contributed by atoms with Gasteiger partial charge in [-0.05, 0) is 38.1 Å². The summed E-state index contributed by atoms with van der Waals surface area (Å²) in [4.78, 5) is 44.5. The Kier molecular flexibility index (Phi) is 3.98. The van der Waals surface area contributed by atoms with E-state index in [4.69, 9.17) is 9.73 Å². The zero-order valence-corrected chi connectivity index (χ0v) is 19.4. The van der Waals surface area contributed by atoms with E-state index in [1.165, 1.54) is 6.92 Å². The Bertz CT molecular complexity index is 1560. The number of thiazole rings is 1. The molecule has 3 aromatic rings. The Morgan fingerprint density at radius 3 is 2.81 bits per heavy atom. The van der Waals surface area contributed by atoms with Crippen molar-refractivity contribution in [3.8, 4) is 5.75 Å². The van der Waals surface area contributed by atoms with Gasteiger partial charge in [-0.2, -0.15) is 0 Å². The molecule has 0 saturated carbocycles. The predicted octanol–water partition coefficient (Wildman–Crippen LogP) is 2.36. The smallest absolute Gasteiger partial charge is 0.271 e. The van der Waals surface area contributed by atoms with Gasteiger partial charge in [-0.25, -0.2) is 4.99 Å². The van der Waals surface area contributed by atoms with Crippen LogP contribution in [0, 0.1) is 5.92 Å². The minimum Gasteiger partial charge on any atom is -0.465 e. The van der Waals surface area contributed by atoms with E-state index in [9.17, 15) is 14.4 Å². The number of nitrogens with zero attached hydrogens (tertiary/aromatic N) is 2. The Labute approximate surface area is 194 Å². The monoisotopic (exact) mass is 509 g/mol. The number of fused-ring (bicyclic) bond motifs is 7. The summed E-state index contributed by atoms with van der Waals surface area (Å²) < 4.78 is 8.87. The van der Waals surface area contributed by atoms with Gasteiger partial charge in [0, 0.05) is 21.3 Å². The first kappa shape index (κ1) is 19.6. The molecule has 0 aliphatic carbocycles. The number of rotatable bonds is 1. The van der Waals surface area contributed by atoms with Crippen LogP contribution in [0.5, 0.6) is 5.75 Å². The Morgan fingerprint density at radius 1 is 1.25 bits per heavy atom. The third-order valence-corrected chi connectivity index (χ3v) is 7.79. The number of anilines is 1. The Hall–Kier alpha value is -3.04. The van der Waals surface area contributed by atoms with Crippen molar-refractivity contribution in [3.05, 3.63) is 77.8 Å². The molecule has 3 aliphatic heterocycles. The molecule has 2 bridgehead atoms. The molecule has 3 aliphatic rings. The maximum Gasteiger partial charge on any atom is 0.271 e. The van der Waals surface area contributed by atoms with E-state index in [0.717, 1.165) is 21.4 Å². The summed E-state index contributed by atoms with van der Waals surface area (Å²) >= 11 is 4.60. The second kappa shape index (κ2) is 6.49. The highest BCUT2D eigenvalue weighted by Crippen LogP contribution is 2.47. The van der Waals surface area contributed by atoms with Crippen LogP contribution in [-0.2, 0) is 9.59 Å². The number of carbonyl (C=O) groups is 2. The van der Waals surface area contributed by atoms with Crippen LogP contribution in [0.3, 0.4) is 0 Å². The molecule has 7 nitrogen and oxygen atoms in total. The lowest BCUT2D eigenvalue weighted by molar-refractivity contribution is -0.132. The fraction of sp³-hybridized carbons (Fsp3) is 0.217. The largest absolute Gasteiger partial charge is 0.465 e. The molecule has 0 unspecified atom stereocenters. The van der Waals surface area contributed by atoms with E-state index in [0.29, 0.717) is 31.9 Å². The number of hydrogen-bond acceptors (Lipinski definition) is 6. The van der Waals surface area contributed by atoms with Gasteiger partial charge in [0.25, 0.3) is 11.5 Å². The summed E-state index contributed by atoms with van der Waals surface area (Å²) in [6.07, 6.45) is 0. The van der Waals surface area contributed by atoms with Gasteiger partial charge in [-0.15, -0.1) is 0 Å². The average molecular weight is 510 g/mol. The van der Waals surface area contributed by atoms with Gasteiger partial charge >= 0.3 is 0 Å². The maximum atomic E-state index is 13.8. The number of ether oxygens (including phenoxy) is 1. The number of benzene rings is 2. The van der Waals surface area contributed by atoms with Crippen LogP contribution < -0.4 is 24.9 Å². The first-order valence-corrected chi connectivity index (χ1v) is 11.6. The summed E-state index contributed by atoms with van der Waals surface area (Å²) in [6, 6.07) is 12.3. The van der Waals surface area contributed by atoms with Crippen LogP contribution in [0.4, 0.5) is 5.69 Å². The van der Waals surface area contributed by atoms with Crippen LogP contribution in [0.25, 0.3) is 5.57 Å². The first-order valence-electron chi connectivity index (χ1n) is 10.0. The lowest BCUT2D eigenvalue weighted by Gasteiger charge is -2.45. The van der Waals surface area contributed by atoms with Crippen molar-refractivity contribution in [3.63, 3.8) is 0 Å². The van der Waals surface area contributed by atoms with E-state index in [-0.39, 0.29) is 17.2 Å². The van der Waals surface area contributed by atoms with Crippen LogP contribution in [-0.4, -0.2) is 22.0 Å². The zero-order valence-electron chi connectivity index (χ0n) is 17.0. The minimum atomic E-state index is -1.14. The molecule has 0 fully saturated rings. The highest BCUT2D eigenvalue weighted by atomic mass is 79.9. The number of nitrogens with one attached hydrogen (secondary N) is 1. The first-order chi connectivity index (χ1) is 15.3. The molecule has 32 heavy (non-hydrogen) atoms. The lowest BCUT2D eigenvalue weighted by Crippen LogP contribution is -2.58. The second-order valence-corrected chi connectivity index (χ2v) is 10.1. The molecule has 0 radical (unpaired) electrons. The number of halogens is 1. The van der Waals surface area contributed by atoms with Gasteiger partial charge in [0.1, 0.15) is 22.0 Å². The number of Topliss-reactive ketones (excluding diaryl/α,β-unsaturated/α-hetero) is 1. The third-order valence-electron chi connectivity index (χ3n) is 6.25. The van der Waals surface area contributed by atoms with E-state index in [1.54, 1.807) is 17.6 Å². The summed E-state index contributed by atoms with van der Waals surface area (Å²) in [7, 11) is 0. The Balaban J connectivity index is 1.72. The van der Waals surface area contributed by atoms with E-state index >= 15 is 0 Å². The van der Waals surface area contributed by atoms with Crippen molar-refractivity contribution in [2.75, 3.05) is 5.32 Å². The number of amides is 1. The minimum absolute atomic E-state index is 0.110. The predicted molar refractivity (Wildman–Crippen MR) is 122 cm³/mol. The van der Waals surface area contributed by atoms with Crippen molar-refractivity contribution < 1.29 is 14.3 Å². The van der Waals surface area contributed by atoms with Crippen molar-refractivity contribution >= 4 is 50.2 Å². The second-order valence-electron chi connectivity index (χ2n) is 8.25. The van der Waals surface area contributed by atoms with Crippen LogP contribution in [0.2, 0.25) is 0 Å². The van der Waals surface area contributed by atoms with Crippen LogP contribution >= 0.6 is 27.3 Å². The van der Waals surface area contributed by atoms with Gasteiger partial charge in [-0.3, -0.25) is 19.0 Å². The van der Waals surface area contributed by atoms with Gasteiger partial charge in [0.15, 0.2) is 4.80 Å². The molecule has 4 heterocycles. The molecule has 1 N–H and O–H groups in total. The normalized spacial score (nSPS) is 26.3. The number of para-hydroxylation sites is 1. The molecule has 6 rings (SSSR count). The zero-order chi connectivity index (χ0) is 22.4. The number of carbonyl (C=O) groups excluding carboxylic acids is 2. The number of hydrogen-bond donors (Lipinski definition) is 1. The van der Waals surface area contributed by atoms with Gasteiger partial charge < -0.3 is 10.1 Å². The van der Waals surface area contributed by atoms with Crippen molar-refractivity contribution in [2.45, 2.75) is 25.6 Å². The number of ketones is 1. The number of aromatic nitrogens is 1. The average Bonchev–Trinajstić information content (AvgIpc) is 3.21. The molecule has 1 amide bonds. The molecule has 3 atom stereocenters. The summed E-state index contributed by atoms with van der Waals surface area (Å²) in [5, 5.41) is 2.83. The molecule has 2 aromatic carbocycles. The highest BCUT2D eigenvalue weighted by molar-refractivity contribution is 9.10. The molecule has 9 heteroatoms. The lowest BCUT2D eigenvalue weighted by atomic mass is 9.79. The van der Waals surface area contributed by atoms with Gasteiger partial charge in [-0.1, -0.05) is 45.5 Å². The molecule has 1 aromatic heterocycles. The Morgan fingerprint density at radius 2 is 2.03 bits per heavy atom. The standard InChI is InChI=1S/C23H16BrN3O4S/c1-10(28)17-18-12-5-3-4-6-15(12)31-23(17,2)26-22-27(18)21(30)19(32-22)16-13-9-11(24)7-8-14(13)25-20(16)29/h3-9,17-18H,1-2H3,(H,25,29)/b19-16-/t17-,18-,23-/m0/s1. The van der Waals surface area contributed by atoms with Gasteiger partial charge in [0.2, 0.25) is 5.72 Å². The summed E-state index contributed by atoms with van der Waals surface area (Å²) in [5.41, 5.74) is 0.930. The molecular weight excluding hydrogens is 494 g/mol. The van der Waals surface area contributed by atoms with Crippen LogP contribution in [0.1, 0.15) is 31.0 Å². The van der Waals surface area contributed by atoms with Crippen LogP contribution in [0.15, 0.2) is 56.7 Å². The maximum absolute atomic E-state index is 13.8. The van der Waals surface area contributed by atoms with Crippen molar-refractivity contribution in [2.24, 2.45) is 10.9 Å². The third kappa shape index (κ3) is 2.52. The molecule has 160 valence electrons. The van der Waals surface area contributed by atoms with Crippen molar-refractivity contribution in [1.82, 2.24) is 4.57 Å². The molecular formula is C23H16BrN3O4S. The summed E-state index contributed by atoms with van der Waals surface area (Å²) in [6.45, 7) is 3.27. The van der Waals surface area contributed by atoms with E-state index in [1.807, 2.05) is 36.4 Å². The van der Waals surface area contributed by atoms with E-state index < -0.39 is 17.7 Å². The fourth-order valence-electron chi connectivity index (χ4n) is 4.97. The highest BCUT2D eigenvalue weighted by Gasteiger charge is 2.53. The fourth-order valence-corrected chi connectivity index (χ4v) is 6.53. The molecule has 0 saturated heterocycles. The van der Waals surface area contributed by atoms with Gasteiger partial charge in [0.05, 0.1) is 11.6 Å². The SMILES string of the molecule is CC(=O)[C@H]1[C@@H]2c3ccccc3O[C@]1(C)N=c1s/c(=C3\C(=O)Nc4ccc(Br)cc43)c(=O)n12. The topological polar surface area (TPSA) is 89.8 Å². The van der Waals surface area contributed by atoms with Crippen molar-refractivity contribution in [1.29, 1.82) is 0 Å².